The lowest BCUT2D eigenvalue weighted by Gasteiger charge is -2.28. The van der Waals surface area contributed by atoms with Crippen molar-refractivity contribution in [3.63, 3.8) is 0 Å². The van der Waals surface area contributed by atoms with Crippen LogP contribution in [0.15, 0.2) is 54.6 Å². The highest BCUT2D eigenvalue weighted by Gasteiger charge is 2.24. The second kappa shape index (κ2) is 11.2. The van der Waals surface area contributed by atoms with Crippen LogP contribution in [0.1, 0.15) is 18.1 Å². The zero-order valence-corrected chi connectivity index (χ0v) is 17.4. The molecule has 2 aromatic rings. The number of nitro groups is 1. The van der Waals surface area contributed by atoms with Crippen LogP contribution in [0.4, 0.5) is 5.69 Å². The number of hydrogen-bond donors (Lipinski definition) is 1. The maximum atomic E-state index is 12.8. The number of hydrogen-bond acceptors (Lipinski definition) is 5. The Balaban J connectivity index is 1.94. The molecule has 2 rings (SSSR count). The molecule has 1 atom stereocenters. The van der Waals surface area contributed by atoms with E-state index in [2.05, 4.69) is 5.32 Å². The molecule has 0 aliphatic carbocycles. The van der Waals surface area contributed by atoms with Gasteiger partial charge >= 0.3 is 0 Å². The number of nitro benzene ring substituents is 1. The van der Waals surface area contributed by atoms with Crippen molar-refractivity contribution in [3.05, 3.63) is 75.8 Å². The molecular formula is C21H25N3O4S. The first kappa shape index (κ1) is 22.4. The third-order valence-corrected chi connectivity index (χ3v) is 5.53. The Labute approximate surface area is 174 Å². The Morgan fingerprint density at radius 2 is 1.76 bits per heavy atom. The monoisotopic (exact) mass is 415 g/mol. The quantitative estimate of drug-likeness (QED) is 0.476. The lowest BCUT2D eigenvalue weighted by atomic mass is 10.1. The van der Waals surface area contributed by atoms with Crippen molar-refractivity contribution in [3.8, 4) is 0 Å². The molecule has 154 valence electrons. The fraction of sp³-hybridized carbons (Fsp3) is 0.333. The van der Waals surface area contributed by atoms with E-state index in [9.17, 15) is 19.7 Å². The Morgan fingerprint density at radius 3 is 2.34 bits per heavy atom. The number of nitrogens with zero attached hydrogens (tertiary/aromatic N) is 2. The fourth-order valence-corrected chi connectivity index (χ4v) is 3.70. The van der Waals surface area contributed by atoms with Crippen LogP contribution in [-0.4, -0.2) is 47.0 Å². The average Bonchev–Trinajstić information content (AvgIpc) is 2.74. The molecule has 2 amide bonds. The van der Waals surface area contributed by atoms with Crippen LogP contribution < -0.4 is 5.32 Å². The van der Waals surface area contributed by atoms with Crippen molar-refractivity contribution < 1.29 is 14.5 Å². The van der Waals surface area contributed by atoms with Crippen molar-refractivity contribution in [1.82, 2.24) is 10.2 Å². The SMILES string of the molecule is CNC(=O)C(C)N(CCc1ccccc1)C(=O)CSCc1ccc([N+](=O)[O-])cc1. The predicted molar refractivity (Wildman–Crippen MR) is 115 cm³/mol. The number of thioether (sulfide) groups is 1. The standard InChI is InChI=1S/C21H25N3O4S/c1-16(21(26)22-2)23(13-12-17-6-4-3-5-7-17)20(25)15-29-14-18-8-10-19(11-9-18)24(27)28/h3-11,16H,12-15H2,1-2H3,(H,22,26). The summed E-state index contributed by atoms with van der Waals surface area (Å²) in [7, 11) is 1.56. The lowest BCUT2D eigenvalue weighted by Crippen LogP contribution is -2.48. The first-order chi connectivity index (χ1) is 13.9. The van der Waals surface area contributed by atoms with Crippen LogP contribution in [-0.2, 0) is 21.8 Å². The normalized spacial score (nSPS) is 11.5. The van der Waals surface area contributed by atoms with Crippen LogP contribution in [0.3, 0.4) is 0 Å². The highest BCUT2D eigenvalue weighted by atomic mass is 32.2. The van der Waals surface area contributed by atoms with Gasteiger partial charge in [-0.2, -0.15) is 0 Å². The third-order valence-electron chi connectivity index (χ3n) is 4.54. The Kier molecular flexibility index (Phi) is 8.67. The fourth-order valence-electron chi connectivity index (χ4n) is 2.83. The molecular weight excluding hydrogens is 390 g/mol. The van der Waals surface area contributed by atoms with Gasteiger partial charge in [0.15, 0.2) is 0 Å². The molecule has 0 spiro atoms. The summed E-state index contributed by atoms with van der Waals surface area (Å²) in [6.45, 7) is 2.18. The van der Waals surface area contributed by atoms with Gasteiger partial charge in [-0.1, -0.05) is 42.5 Å². The Hall–Kier alpha value is -2.87. The van der Waals surface area contributed by atoms with E-state index in [1.54, 1.807) is 31.0 Å². The first-order valence-corrected chi connectivity index (χ1v) is 10.4. The van der Waals surface area contributed by atoms with Crippen LogP contribution in [0.25, 0.3) is 0 Å². The molecule has 0 heterocycles. The molecule has 29 heavy (non-hydrogen) atoms. The van der Waals surface area contributed by atoms with E-state index in [0.717, 1.165) is 11.1 Å². The smallest absolute Gasteiger partial charge is 0.269 e. The molecule has 0 saturated carbocycles. The number of carbonyl (C=O) groups is 2. The van der Waals surface area contributed by atoms with Gasteiger partial charge < -0.3 is 10.2 Å². The number of benzene rings is 2. The summed E-state index contributed by atoms with van der Waals surface area (Å²) >= 11 is 1.42. The summed E-state index contributed by atoms with van der Waals surface area (Å²) in [6.07, 6.45) is 0.668. The summed E-state index contributed by atoms with van der Waals surface area (Å²) in [5.74, 6) is 0.480. The van der Waals surface area contributed by atoms with Gasteiger partial charge in [0, 0.05) is 31.5 Å². The highest BCUT2D eigenvalue weighted by Crippen LogP contribution is 2.18. The minimum atomic E-state index is -0.559. The molecule has 1 N–H and O–H groups in total. The second-order valence-corrected chi connectivity index (χ2v) is 7.51. The minimum Gasteiger partial charge on any atom is -0.357 e. The molecule has 0 saturated heterocycles. The number of likely N-dealkylation sites (N-methyl/N-ethyl adjacent to an activating group) is 1. The zero-order valence-electron chi connectivity index (χ0n) is 16.5. The Morgan fingerprint density at radius 1 is 1.10 bits per heavy atom. The topological polar surface area (TPSA) is 92.6 Å². The lowest BCUT2D eigenvalue weighted by molar-refractivity contribution is -0.384. The molecule has 0 aliphatic rings. The number of nitrogens with one attached hydrogen (secondary N) is 1. The van der Waals surface area contributed by atoms with E-state index in [0.29, 0.717) is 18.7 Å². The summed E-state index contributed by atoms with van der Waals surface area (Å²) in [6, 6.07) is 15.6. The first-order valence-electron chi connectivity index (χ1n) is 9.28. The number of non-ortho nitro benzene ring substituents is 1. The van der Waals surface area contributed by atoms with Gasteiger partial charge in [0.25, 0.3) is 5.69 Å². The number of carbonyl (C=O) groups excluding carboxylic acids is 2. The van der Waals surface area contributed by atoms with Crippen LogP contribution in [0, 0.1) is 10.1 Å². The molecule has 2 aromatic carbocycles. The van der Waals surface area contributed by atoms with Crippen molar-refractivity contribution in [2.75, 3.05) is 19.3 Å². The zero-order chi connectivity index (χ0) is 21.2. The van der Waals surface area contributed by atoms with Gasteiger partial charge in [0.05, 0.1) is 10.7 Å². The van der Waals surface area contributed by atoms with Gasteiger partial charge in [0.1, 0.15) is 6.04 Å². The molecule has 1 unspecified atom stereocenters. The van der Waals surface area contributed by atoms with E-state index in [1.807, 2.05) is 30.3 Å². The molecule has 8 heteroatoms. The molecule has 0 aromatic heterocycles. The second-order valence-electron chi connectivity index (χ2n) is 6.53. The van der Waals surface area contributed by atoms with Crippen molar-refractivity contribution in [1.29, 1.82) is 0 Å². The van der Waals surface area contributed by atoms with E-state index < -0.39 is 11.0 Å². The minimum absolute atomic E-state index is 0.0429. The van der Waals surface area contributed by atoms with Gasteiger partial charge in [-0.15, -0.1) is 11.8 Å². The largest absolute Gasteiger partial charge is 0.357 e. The van der Waals surface area contributed by atoms with Crippen molar-refractivity contribution in [2.24, 2.45) is 0 Å². The maximum Gasteiger partial charge on any atom is 0.269 e. The van der Waals surface area contributed by atoms with Crippen molar-refractivity contribution in [2.45, 2.75) is 25.1 Å². The maximum absolute atomic E-state index is 12.8. The Bertz CT molecular complexity index is 828. The summed E-state index contributed by atoms with van der Waals surface area (Å²) in [4.78, 5) is 36.8. The third kappa shape index (κ3) is 6.90. The van der Waals surface area contributed by atoms with Gasteiger partial charge in [-0.25, -0.2) is 0 Å². The van der Waals surface area contributed by atoms with E-state index in [4.69, 9.17) is 0 Å². The van der Waals surface area contributed by atoms with Crippen LogP contribution in [0.5, 0.6) is 0 Å². The summed E-state index contributed by atoms with van der Waals surface area (Å²) < 4.78 is 0. The molecule has 0 aliphatic heterocycles. The highest BCUT2D eigenvalue weighted by molar-refractivity contribution is 7.99. The van der Waals surface area contributed by atoms with E-state index in [1.165, 1.54) is 23.9 Å². The average molecular weight is 416 g/mol. The number of amides is 2. The van der Waals surface area contributed by atoms with Gasteiger partial charge in [-0.05, 0) is 24.5 Å². The molecule has 0 bridgehead atoms. The van der Waals surface area contributed by atoms with Crippen LogP contribution >= 0.6 is 11.8 Å². The van der Waals surface area contributed by atoms with E-state index in [-0.39, 0.29) is 23.3 Å². The predicted octanol–water partition coefficient (Wildman–Crippen LogP) is 3.03. The summed E-state index contributed by atoms with van der Waals surface area (Å²) in [5.41, 5.74) is 2.05. The van der Waals surface area contributed by atoms with E-state index >= 15 is 0 Å². The van der Waals surface area contributed by atoms with Crippen molar-refractivity contribution >= 4 is 29.3 Å². The van der Waals surface area contributed by atoms with Gasteiger partial charge in [-0.3, -0.25) is 19.7 Å². The van der Waals surface area contributed by atoms with Crippen LogP contribution in [0.2, 0.25) is 0 Å². The van der Waals surface area contributed by atoms with Gasteiger partial charge in [0.2, 0.25) is 11.8 Å². The number of rotatable bonds is 10. The molecule has 7 nitrogen and oxygen atoms in total. The molecule has 0 fully saturated rings. The molecule has 0 radical (unpaired) electrons. The summed E-state index contributed by atoms with van der Waals surface area (Å²) in [5, 5.41) is 13.3.